The zero-order chi connectivity index (χ0) is 15.2. The Hall–Kier alpha value is -2.49. The normalized spacial score (nSPS) is 11.4. The minimum atomic E-state index is -0.334. The third-order valence-electron chi connectivity index (χ3n) is 3.25. The lowest BCUT2D eigenvalue weighted by Gasteiger charge is -2.08. The van der Waals surface area contributed by atoms with Crippen LogP contribution in [0.1, 0.15) is 18.4 Å². The van der Waals surface area contributed by atoms with Crippen LogP contribution in [0.25, 0.3) is 11.1 Å². The maximum Gasteiger partial charge on any atom is 0.247 e. The quantitative estimate of drug-likeness (QED) is 0.662. The van der Waals surface area contributed by atoms with Crippen molar-refractivity contribution in [2.24, 2.45) is 4.99 Å². The average molecular weight is 284 g/mol. The molecular formula is C17H17FN2O. The first-order valence-electron chi connectivity index (χ1n) is 6.71. The highest BCUT2D eigenvalue weighted by Gasteiger charge is 2.09. The van der Waals surface area contributed by atoms with Crippen molar-refractivity contribution in [2.75, 3.05) is 7.05 Å². The van der Waals surface area contributed by atoms with Gasteiger partial charge in [0.1, 0.15) is 5.82 Å². The smallest absolute Gasteiger partial charge is 0.247 e. The standard InChI is InChI=1S/C17H17FN2O/c1-3-4-5-16(19-2)12-6-8-14(15(18)10-12)13-7-9-17(21)20-11-13/h3,6-11H,1,4-5H2,2H3,(H,20,21). The summed E-state index contributed by atoms with van der Waals surface area (Å²) in [5.41, 5.74) is 2.50. The highest BCUT2D eigenvalue weighted by Crippen LogP contribution is 2.23. The Morgan fingerprint density at radius 3 is 2.76 bits per heavy atom. The van der Waals surface area contributed by atoms with E-state index >= 15 is 0 Å². The van der Waals surface area contributed by atoms with Gasteiger partial charge in [0.05, 0.1) is 0 Å². The van der Waals surface area contributed by atoms with Gasteiger partial charge in [0.15, 0.2) is 0 Å². The number of nitrogens with one attached hydrogen (secondary N) is 1. The number of hydrogen-bond acceptors (Lipinski definition) is 2. The van der Waals surface area contributed by atoms with Crippen LogP contribution < -0.4 is 5.56 Å². The van der Waals surface area contributed by atoms with Crippen molar-refractivity contribution in [3.05, 3.63) is 70.9 Å². The second-order valence-corrected chi connectivity index (χ2v) is 4.63. The molecule has 0 bridgehead atoms. The first-order chi connectivity index (χ1) is 10.2. The van der Waals surface area contributed by atoms with Crippen molar-refractivity contribution in [3.63, 3.8) is 0 Å². The number of aromatic amines is 1. The Labute approximate surface area is 122 Å². The number of H-pyrrole nitrogens is 1. The van der Waals surface area contributed by atoms with E-state index < -0.39 is 0 Å². The largest absolute Gasteiger partial charge is 0.328 e. The molecule has 1 aromatic carbocycles. The average Bonchev–Trinajstić information content (AvgIpc) is 2.49. The fourth-order valence-corrected chi connectivity index (χ4v) is 2.13. The maximum atomic E-state index is 14.3. The Kier molecular flexibility index (Phi) is 4.82. The lowest BCUT2D eigenvalue weighted by atomic mass is 10.0. The van der Waals surface area contributed by atoms with Gasteiger partial charge in [-0.25, -0.2) is 4.39 Å². The zero-order valence-electron chi connectivity index (χ0n) is 11.9. The first kappa shape index (κ1) is 14.9. The molecule has 0 saturated heterocycles. The number of nitrogens with zero attached hydrogens (tertiary/aromatic N) is 1. The second-order valence-electron chi connectivity index (χ2n) is 4.63. The van der Waals surface area contributed by atoms with Crippen molar-refractivity contribution >= 4 is 5.71 Å². The lowest BCUT2D eigenvalue weighted by molar-refractivity contribution is 0.631. The molecule has 0 aliphatic carbocycles. The molecular weight excluding hydrogens is 267 g/mol. The van der Waals surface area contributed by atoms with Gasteiger partial charge in [0.2, 0.25) is 5.56 Å². The van der Waals surface area contributed by atoms with E-state index in [-0.39, 0.29) is 11.4 Å². The van der Waals surface area contributed by atoms with Crippen LogP contribution in [0.3, 0.4) is 0 Å². The predicted octanol–water partition coefficient (Wildman–Crippen LogP) is 3.57. The third-order valence-corrected chi connectivity index (χ3v) is 3.25. The van der Waals surface area contributed by atoms with Gasteiger partial charge in [-0.3, -0.25) is 9.79 Å². The molecule has 1 N–H and O–H groups in total. The van der Waals surface area contributed by atoms with Gasteiger partial charge in [-0.1, -0.05) is 18.2 Å². The summed E-state index contributed by atoms with van der Waals surface area (Å²) >= 11 is 0. The van der Waals surface area contributed by atoms with Crippen LogP contribution in [0, 0.1) is 5.82 Å². The van der Waals surface area contributed by atoms with E-state index in [9.17, 15) is 9.18 Å². The summed E-state index contributed by atoms with van der Waals surface area (Å²) in [5, 5.41) is 0. The van der Waals surface area contributed by atoms with Crippen LogP contribution >= 0.6 is 0 Å². The molecule has 4 heteroatoms. The van der Waals surface area contributed by atoms with Crippen molar-refractivity contribution in [2.45, 2.75) is 12.8 Å². The molecule has 0 atom stereocenters. The van der Waals surface area contributed by atoms with Gasteiger partial charge < -0.3 is 4.98 Å². The minimum Gasteiger partial charge on any atom is -0.328 e. The van der Waals surface area contributed by atoms with Crippen LogP contribution in [-0.2, 0) is 0 Å². The van der Waals surface area contributed by atoms with Crippen molar-refractivity contribution in [3.8, 4) is 11.1 Å². The van der Waals surface area contributed by atoms with Gasteiger partial charge in [0, 0.05) is 36.1 Å². The number of rotatable bonds is 5. The number of aliphatic imine (C=N–C) groups is 1. The number of hydrogen-bond donors (Lipinski definition) is 1. The Morgan fingerprint density at radius 1 is 1.38 bits per heavy atom. The van der Waals surface area contributed by atoms with Crippen LogP contribution in [-0.4, -0.2) is 17.7 Å². The molecule has 0 radical (unpaired) electrons. The molecule has 0 aliphatic heterocycles. The third kappa shape index (κ3) is 3.54. The number of aromatic nitrogens is 1. The summed E-state index contributed by atoms with van der Waals surface area (Å²) in [4.78, 5) is 17.8. The Balaban J connectivity index is 2.35. The Morgan fingerprint density at radius 2 is 2.19 bits per heavy atom. The van der Waals surface area contributed by atoms with Gasteiger partial charge >= 0.3 is 0 Å². The molecule has 0 spiro atoms. The molecule has 0 unspecified atom stereocenters. The van der Waals surface area contributed by atoms with E-state index in [0.717, 1.165) is 24.1 Å². The SMILES string of the molecule is C=CCCC(=NC)c1ccc(-c2ccc(=O)[nH]c2)c(F)c1. The number of pyridine rings is 1. The van der Waals surface area contributed by atoms with E-state index in [0.29, 0.717) is 11.1 Å². The molecule has 0 aliphatic rings. The van der Waals surface area contributed by atoms with E-state index in [1.54, 1.807) is 19.2 Å². The summed E-state index contributed by atoms with van der Waals surface area (Å²) in [6.07, 6.45) is 4.86. The van der Waals surface area contributed by atoms with Crippen LogP contribution in [0.5, 0.6) is 0 Å². The maximum absolute atomic E-state index is 14.3. The van der Waals surface area contributed by atoms with Gasteiger partial charge in [-0.15, -0.1) is 6.58 Å². The van der Waals surface area contributed by atoms with Gasteiger partial charge in [-0.2, -0.15) is 0 Å². The lowest BCUT2D eigenvalue weighted by Crippen LogP contribution is -2.03. The molecule has 2 aromatic rings. The van der Waals surface area contributed by atoms with E-state index in [4.69, 9.17) is 0 Å². The predicted molar refractivity (Wildman–Crippen MR) is 84.3 cm³/mol. The van der Waals surface area contributed by atoms with Crippen molar-refractivity contribution in [1.82, 2.24) is 4.98 Å². The van der Waals surface area contributed by atoms with Crippen LogP contribution in [0.2, 0.25) is 0 Å². The summed E-state index contributed by atoms with van der Waals surface area (Å²) in [6.45, 7) is 3.68. The van der Waals surface area contributed by atoms with Crippen LogP contribution in [0.15, 0.2) is 59.0 Å². The summed E-state index contributed by atoms with van der Waals surface area (Å²) < 4.78 is 14.3. The summed E-state index contributed by atoms with van der Waals surface area (Å²) in [7, 11) is 1.70. The molecule has 3 nitrogen and oxygen atoms in total. The molecule has 0 amide bonds. The van der Waals surface area contributed by atoms with E-state index in [1.165, 1.54) is 18.3 Å². The number of halogens is 1. The molecule has 2 rings (SSSR count). The highest BCUT2D eigenvalue weighted by molar-refractivity contribution is 6.01. The summed E-state index contributed by atoms with van der Waals surface area (Å²) in [6, 6.07) is 8.01. The fourth-order valence-electron chi connectivity index (χ4n) is 2.13. The fraction of sp³-hybridized carbons (Fsp3) is 0.176. The summed E-state index contributed by atoms with van der Waals surface area (Å²) in [5.74, 6) is -0.334. The highest BCUT2D eigenvalue weighted by atomic mass is 19.1. The van der Waals surface area contributed by atoms with Crippen LogP contribution in [0.4, 0.5) is 4.39 Å². The number of benzene rings is 1. The van der Waals surface area contributed by atoms with Crippen molar-refractivity contribution < 1.29 is 4.39 Å². The minimum absolute atomic E-state index is 0.208. The molecule has 1 aromatic heterocycles. The van der Waals surface area contributed by atoms with E-state index in [1.807, 2.05) is 12.1 Å². The molecule has 0 fully saturated rings. The first-order valence-corrected chi connectivity index (χ1v) is 6.71. The zero-order valence-corrected chi connectivity index (χ0v) is 11.9. The van der Waals surface area contributed by atoms with Gasteiger partial charge in [0.25, 0.3) is 0 Å². The molecule has 1 heterocycles. The molecule has 21 heavy (non-hydrogen) atoms. The second kappa shape index (κ2) is 6.79. The Bertz CT molecular complexity index is 711. The molecule has 108 valence electrons. The molecule has 0 saturated carbocycles. The number of allylic oxidation sites excluding steroid dienone is 1. The van der Waals surface area contributed by atoms with Crippen molar-refractivity contribution in [1.29, 1.82) is 0 Å². The topological polar surface area (TPSA) is 45.2 Å². The monoisotopic (exact) mass is 284 g/mol. The van der Waals surface area contributed by atoms with Gasteiger partial charge in [-0.05, 0) is 30.5 Å². The van der Waals surface area contributed by atoms with E-state index in [2.05, 4.69) is 16.6 Å².